The van der Waals surface area contributed by atoms with Gasteiger partial charge < -0.3 is 19.9 Å². The Morgan fingerprint density at radius 1 is 1.22 bits per heavy atom. The SMILES string of the molecule is COC(=O)CC(CN1CCC(CCc2ccc3c(n2)NCCC3)C1)c1cccc(-c2[nH]c(C)nc2C)c1. The molecular formula is C30H39N5O2. The Balaban J connectivity index is 1.23. The Morgan fingerprint density at radius 3 is 2.92 bits per heavy atom. The summed E-state index contributed by atoms with van der Waals surface area (Å²) in [6.07, 6.45) is 6.07. The lowest BCUT2D eigenvalue weighted by molar-refractivity contribution is -0.141. The summed E-state index contributed by atoms with van der Waals surface area (Å²) in [7, 11) is 1.47. The van der Waals surface area contributed by atoms with Gasteiger partial charge in [0, 0.05) is 36.8 Å². The van der Waals surface area contributed by atoms with Crippen LogP contribution in [0.1, 0.15) is 59.9 Å². The lowest BCUT2D eigenvalue weighted by Gasteiger charge is -2.24. The molecule has 0 spiro atoms. The summed E-state index contributed by atoms with van der Waals surface area (Å²) in [5.41, 5.74) is 6.85. The number of fused-ring (bicyclic) bond motifs is 1. The first kappa shape index (κ1) is 25.5. The van der Waals surface area contributed by atoms with Crippen LogP contribution in [0.2, 0.25) is 0 Å². The van der Waals surface area contributed by atoms with Crippen LogP contribution in [0.25, 0.3) is 11.3 Å². The van der Waals surface area contributed by atoms with Gasteiger partial charge in [-0.3, -0.25) is 4.79 Å². The van der Waals surface area contributed by atoms with Crippen molar-refractivity contribution in [2.24, 2.45) is 5.92 Å². The molecule has 2 atom stereocenters. The molecule has 5 rings (SSSR count). The number of rotatable bonds is 9. The van der Waals surface area contributed by atoms with Crippen molar-refractivity contribution in [2.45, 2.75) is 58.3 Å². The third kappa shape index (κ3) is 6.21. The standard InChI is InChI=1S/C30H39N5O2/c1-20-29(33-21(2)32-20)25-7-4-6-24(16-25)26(17-28(36)37-3)19-35-15-13-22(18-35)9-11-27-12-10-23-8-5-14-31-30(23)34-27/h4,6-7,10,12,16,22,26H,5,8-9,11,13-15,17-19H2,1-3H3,(H,31,34)(H,32,33). The maximum absolute atomic E-state index is 12.3. The highest BCUT2D eigenvalue weighted by Gasteiger charge is 2.27. The van der Waals surface area contributed by atoms with Crippen molar-refractivity contribution in [1.82, 2.24) is 19.9 Å². The van der Waals surface area contributed by atoms with Crippen molar-refractivity contribution in [3.63, 3.8) is 0 Å². The van der Waals surface area contributed by atoms with Crippen LogP contribution in [0.15, 0.2) is 36.4 Å². The second kappa shape index (κ2) is 11.5. The largest absolute Gasteiger partial charge is 0.469 e. The topological polar surface area (TPSA) is 83.1 Å². The summed E-state index contributed by atoms with van der Waals surface area (Å²) < 4.78 is 5.07. The Hall–Kier alpha value is -3.19. The summed E-state index contributed by atoms with van der Waals surface area (Å²) in [6.45, 7) is 8.02. The van der Waals surface area contributed by atoms with E-state index in [0.717, 1.165) is 74.0 Å². The molecule has 2 N–H and O–H groups in total. The fourth-order valence-corrected chi connectivity index (χ4v) is 5.89. The second-order valence-corrected chi connectivity index (χ2v) is 10.7. The summed E-state index contributed by atoms with van der Waals surface area (Å²) in [4.78, 5) is 27.7. The molecule has 196 valence electrons. The number of nitrogens with one attached hydrogen (secondary N) is 2. The van der Waals surface area contributed by atoms with Crippen molar-refractivity contribution in [3.8, 4) is 11.3 Å². The highest BCUT2D eigenvalue weighted by Crippen LogP contribution is 2.30. The normalized spacial score (nSPS) is 18.3. The average molecular weight is 502 g/mol. The molecule has 3 aromatic rings. The van der Waals surface area contributed by atoms with Gasteiger partial charge in [0.15, 0.2) is 0 Å². The molecule has 0 bridgehead atoms. The number of carbonyl (C=O) groups is 1. The molecule has 2 aliphatic rings. The van der Waals surface area contributed by atoms with E-state index in [2.05, 4.69) is 56.6 Å². The monoisotopic (exact) mass is 501 g/mol. The summed E-state index contributed by atoms with van der Waals surface area (Å²) in [5.74, 6) is 2.58. The molecule has 0 radical (unpaired) electrons. The number of aryl methyl sites for hydroxylation is 4. The van der Waals surface area contributed by atoms with E-state index < -0.39 is 0 Å². The van der Waals surface area contributed by atoms with Crippen LogP contribution in [-0.4, -0.2) is 59.1 Å². The van der Waals surface area contributed by atoms with Crippen molar-refractivity contribution < 1.29 is 9.53 Å². The number of likely N-dealkylation sites (tertiary alicyclic amines) is 1. The Bertz CT molecular complexity index is 1240. The van der Waals surface area contributed by atoms with Crippen LogP contribution in [0, 0.1) is 19.8 Å². The number of benzene rings is 1. The maximum atomic E-state index is 12.3. The molecular weight excluding hydrogens is 462 g/mol. The van der Waals surface area contributed by atoms with Crippen molar-refractivity contribution in [3.05, 3.63) is 64.7 Å². The molecule has 0 amide bonds. The van der Waals surface area contributed by atoms with Gasteiger partial charge in [0.05, 0.1) is 24.9 Å². The number of carbonyl (C=O) groups excluding carboxylic acids is 1. The highest BCUT2D eigenvalue weighted by molar-refractivity contribution is 5.71. The fourth-order valence-electron chi connectivity index (χ4n) is 5.89. The summed E-state index contributed by atoms with van der Waals surface area (Å²) >= 11 is 0. The Kier molecular flexibility index (Phi) is 7.89. The highest BCUT2D eigenvalue weighted by atomic mass is 16.5. The van der Waals surface area contributed by atoms with Crippen LogP contribution in [-0.2, 0) is 22.4 Å². The van der Waals surface area contributed by atoms with Gasteiger partial charge in [-0.25, -0.2) is 9.97 Å². The first-order valence-electron chi connectivity index (χ1n) is 13.6. The van der Waals surface area contributed by atoms with Gasteiger partial charge in [0.1, 0.15) is 11.6 Å². The third-order valence-corrected chi connectivity index (χ3v) is 7.90. The minimum absolute atomic E-state index is 0.0869. The third-order valence-electron chi connectivity index (χ3n) is 7.90. The maximum Gasteiger partial charge on any atom is 0.306 e. The van der Waals surface area contributed by atoms with Crippen LogP contribution >= 0.6 is 0 Å². The number of aromatic nitrogens is 3. The molecule has 1 fully saturated rings. The second-order valence-electron chi connectivity index (χ2n) is 10.7. The molecule has 37 heavy (non-hydrogen) atoms. The lowest BCUT2D eigenvalue weighted by Crippen LogP contribution is -2.28. The number of hydrogen-bond donors (Lipinski definition) is 2. The number of esters is 1. The van der Waals surface area contributed by atoms with Crippen LogP contribution < -0.4 is 5.32 Å². The van der Waals surface area contributed by atoms with Gasteiger partial charge in [0.25, 0.3) is 0 Å². The quantitative estimate of drug-likeness (QED) is 0.400. The molecule has 2 unspecified atom stereocenters. The number of pyridine rings is 1. The van der Waals surface area contributed by atoms with Crippen molar-refractivity contribution >= 4 is 11.8 Å². The van der Waals surface area contributed by atoms with E-state index in [4.69, 9.17) is 9.72 Å². The van der Waals surface area contributed by atoms with Crippen LogP contribution in [0.5, 0.6) is 0 Å². The summed E-state index contributed by atoms with van der Waals surface area (Å²) in [6, 6.07) is 13.0. The average Bonchev–Trinajstić information content (AvgIpc) is 3.51. The van der Waals surface area contributed by atoms with E-state index in [9.17, 15) is 4.79 Å². The van der Waals surface area contributed by atoms with Gasteiger partial charge >= 0.3 is 5.97 Å². The first-order chi connectivity index (χ1) is 18.0. The lowest BCUT2D eigenvalue weighted by atomic mass is 9.92. The molecule has 7 heteroatoms. The van der Waals surface area contributed by atoms with E-state index in [0.29, 0.717) is 12.3 Å². The van der Waals surface area contributed by atoms with Crippen molar-refractivity contribution in [2.75, 3.05) is 38.6 Å². The van der Waals surface area contributed by atoms with E-state index >= 15 is 0 Å². The summed E-state index contributed by atoms with van der Waals surface area (Å²) in [5, 5.41) is 3.45. The van der Waals surface area contributed by atoms with Crippen LogP contribution in [0.3, 0.4) is 0 Å². The number of nitrogens with zero attached hydrogens (tertiary/aromatic N) is 3. The van der Waals surface area contributed by atoms with Crippen LogP contribution in [0.4, 0.5) is 5.82 Å². The molecule has 0 aliphatic carbocycles. The van der Waals surface area contributed by atoms with Gasteiger partial charge in [-0.1, -0.05) is 24.3 Å². The zero-order chi connectivity index (χ0) is 25.8. The Morgan fingerprint density at radius 2 is 2.11 bits per heavy atom. The zero-order valence-electron chi connectivity index (χ0n) is 22.3. The number of anilines is 1. The number of imidazole rings is 1. The van der Waals surface area contributed by atoms with Gasteiger partial charge in [-0.15, -0.1) is 0 Å². The van der Waals surface area contributed by atoms with E-state index in [1.54, 1.807) is 0 Å². The number of hydrogen-bond acceptors (Lipinski definition) is 6. The minimum Gasteiger partial charge on any atom is -0.469 e. The van der Waals surface area contributed by atoms with Gasteiger partial charge in [-0.2, -0.15) is 0 Å². The fraction of sp³-hybridized carbons (Fsp3) is 0.500. The predicted octanol–water partition coefficient (Wildman–Crippen LogP) is 5.05. The van der Waals surface area contributed by atoms with E-state index in [1.165, 1.54) is 36.8 Å². The molecule has 1 aromatic carbocycles. The first-order valence-corrected chi connectivity index (χ1v) is 13.6. The van der Waals surface area contributed by atoms with Gasteiger partial charge in [0.2, 0.25) is 0 Å². The predicted molar refractivity (Wildman–Crippen MR) is 147 cm³/mol. The minimum atomic E-state index is -0.160. The molecule has 4 heterocycles. The molecule has 7 nitrogen and oxygen atoms in total. The Labute approximate surface area is 220 Å². The smallest absolute Gasteiger partial charge is 0.306 e. The number of aromatic amines is 1. The molecule has 2 aromatic heterocycles. The number of methoxy groups -OCH3 is 1. The number of ether oxygens (including phenoxy) is 1. The molecule has 0 saturated carbocycles. The molecule has 1 saturated heterocycles. The van der Waals surface area contributed by atoms with Crippen molar-refractivity contribution in [1.29, 1.82) is 0 Å². The van der Waals surface area contributed by atoms with E-state index in [1.807, 2.05) is 13.8 Å². The van der Waals surface area contributed by atoms with Gasteiger partial charge in [-0.05, 0) is 81.7 Å². The number of H-pyrrole nitrogens is 1. The molecule has 2 aliphatic heterocycles. The van der Waals surface area contributed by atoms with E-state index in [-0.39, 0.29) is 11.9 Å². The zero-order valence-corrected chi connectivity index (χ0v) is 22.3.